The quantitative estimate of drug-likeness (QED) is 0.881. The highest BCUT2D eigenvalue weighted by atomic mass is 16.5. The Hall–Kier alpha value is -0.900. The first-order valence-electron chi connectivity index (χ1n) is 7.30. The summed E-state index contributed by atoms with van der Waals surface area (Å²) in [5.74, 6) is 0. The van der Waals surface area contributed by atoms with Crippen LogP contribution in [0.1, 0.15) is 30.5 Å². The van der Waals surface area contributed by atoms with Crippen molar-refractivity contribution in [1.82, 2.24) is 10.2 Å². The summed E-state index contributed by atoms with van der Waals surface area (Å²) in [7, 11) is 2.20. The molecule has 1 aliphatic rings. The van der Waals surface area contributed by atoms with Crippen LogP contribution in [-0.4, -0.2) is 44.3 Å². The molecule has 0 aromatic heterocycles. The predicted octanol–water partition coefficient (Wildman–Crippen LogP) is 2.37. The molecule has 2 atom stereocenters. The second-order valence-corrected chi connectivity index (χ2v) is 5.47. The molecule has 1 N–H and O–H groups in total. The molecule has 106 valence electrons. The van der Waals surface area contributed by atoms with Crippen molar-refractivity contribution in [1.29, 1.82) is 0 Å². The maximum atomic E-state index is 5.79. The minimum Gasteiger partial charge on any atom is -0.374 e. The molecule has 0 amide bonds. The molecule has 0 saturated carbocycles. The normalized spacial score (nSPS) is 21.6. The topological polar surface area (TPSA) is 24.5 Å². The van der Waals surface area contributed by atoms with Crippen LogP contribution >= 0.6 is 0 Å². The van der Waals surface area contributed by atoms with Gasteiger partial charge < -0.3 is 10.1 Å². The van der Waals surface area contributed by atoms with Crippen molar-refractivity contribution in [3.05, 3.63) is 35.4 Å². The molecule has 3 nitrogen and oxygen atoms in total. The van der Waals surface area contributed by atoms with Gasteiger partial charge in [0.2, 0.25) is 0 Å². The Morgan fingerprint density at radius 2 is 2.11 bits per heavy atom. The third kappa shape index (κ3) is 4.03. The number of benzene rings is 1. The maximum absolute atomic E-state index is 5.79. The third-order valence-corrected chi connectivity index (χ3v) is 3.88. The van der Waals surface area contributed by atoms with Crippen LogP contribution in [-0.2, 0) is 4.74 Å². The van der Waals surface area contributed by atoms with Crippen LogP contribution in [0, 0.1) is 6.92 Å². The summed E-state index contributed by atoms with van der Waals surface area (Å²) >= 11 is 0. The maximum Gasteiger partial charge on any atom is 0.0826 e. The molecule has 0 bridgehead atoms. The molecule has 1 aliphatic heterocycles. The molecule has 1 fully saturated rings. The van der Waals surface area contributed by atoms with Gasteiger partial charge in [-0.2, -0.15) is 0 Å². The summed E-state index contributed by atoms with van der Waals surface area (Å²) in [5.41, 5.74) is 2.72. The Morgan fingerprint density at radius 1 is 1.37 bits per heavy atom. The number of hydrogen-bond acceptors (Lipinski definition) is 3. The van der Waals surface area contributed by atoms with E-state index < -0.39 is 0 Å². The first-order valence-corrected chi connectivity index (χ1v) is 7.30. The number of nitrogens with one attached hydrogen (secondary N) is 1. The van der Waals surface area contributed by atoms with Gasteiger partial charge in [0.25, 0.3) is 0 Å². The number of likely N-dealkylation sites (N-methyl/N-ethyl adjacent to an activating group) is 1. The number of rotatable bonds is 5. The Balaban J connectivity index is 1.97. The average Bonchev–Trinajstić information content (AvgIpc) is 2.43. The van der Waals surface area contributed by atoms with Gasteiger partial charge in [0.1, 0.15) is 0 Å². The van der Waals surface area contributed by atoms with Gasteiger partial charge in [-0.15, -0.1) is 0 Å². The molecule has 0 radical (unpaired) electrons. The largest absolute Gasteiger partial charge is 0.374 e. The van der Waals surface area contributed by atoms with Gasteiger partial charge in [-0.05, 0) is 26.0 Å². The number of morpholine rings is 1. The van der Waals surface area contributed by atoms with Crippen LogP contribution in [0.5, 0.6) is 0 Å². The SMILES string of the molecule is CCC(c1ccc(C)cc1)N(C)CC1CNCCO1. The Morgan fingerprint density at radius 3 is 2.68 bits per heavy atom. The lowest BCUT2D eigenvalue weighted by Crippen LogP contribution is -2.45. The minimum atomic E-state index is 0.318. The monoisotopic (exact) mass is 262 g/mol. The summed E-state index contributed by atoms with van der Waals surface area (Å²) in [6.07, 6.45) is 1.44. The van der Waals surface area contributed by atoms with E-state index in [1.54, 1.807) is 0 Å². The van der Waals surface area contributed by atoms with Gasteiger partial charge >= 0.3 is 0 Å². The standard InChI is InChI=1S/C16H26N2O/c1-4-16(14-7-5-13(2)6-8-14)18(3)12-15-11-17-9-10-19-15/h5-8,15-17H,4,9-12H2,1-3H3. The molecular weight excluding hydrogens is 236 g/mol. The summed E-state index contributed by atoms with van der Waals surface area (Å²) in [6.45, 7) is 8.15. The molecular formula is C16H26N2O. The van der Waals surface area contributed by atoms with Gasteiger partial charge in [0, 0.05) is 25.7 Å². The van der Waals surface area contributed by atoms with Gasteiger partial charge in [-0.25, -0.2) is 0 Å². The summed E-state index contributed by atoms with van der Waals surface area (Å²) < 4.78 is 5.79. The fraction of sp³-hybridized carbons (Fsp3) is 0.625. The second-order valence-electron chi connectivity index (χ2n) is 5.47. The van der Waals surface area contributed by atoms with Crippen LogP contribution in [0.15, 0.2) is 24.3 Å². The zero-order valence-electron chi connectivity index (χ0n) is 12.4. The van der Waals surface area contributed by atoms with Crippen molar-refractivity contribution in [3.8, 4) is 0 Å². The molecule has 2 unspecified atom stereocenters. The van der Waals surface area contributed by atoms with Crippen molar-refractivity contribution in [3.63, 3.8) is 0 Å². The van der Waals surface area contributed by atoms with Crippen LogP contribution in [0.3, 0.4) is 0 Å². The summed E-state index contributed by atoms with van der Waals surface area (Å²) in [4.78, 5) is 2.42. The molecule has 1 heterocycles. The van der Waals surface area contributed by atoms with Crippen LogP contribution in [0.25, 0.3) is 0 Å². The highest BCUT2D eigenvalue weighted by Crippen LogP contribution is 2.23. The predicted molar refractivity (Wildman–Crippen MR) is 79.5 cm³/mol. The zero-order chi connectivity index (χ0) is 13.7. The van der Waals surface area contributed by atoms with E-state index in [0.717, 1.165) is 32.7 Å². The van der Waals surface area contributed by atoms with Crippen LogP contribution in [0.4, 0.5) is 0 Å². The molecule has 19 heavy (non-hydrogen) atoms. The second kappa shape index (κ2) is 7.04. The number of aryl methyl sites for hydroxylation is 1. The summed E-state index contributed by atoms with van der Waals surface area (Å²) in [6, 6.07) is 9.38. The zero-order valence-corrected chi connectivity index (χ0v) is 12.4. The van der Waals surface area contributed by atoms with E-state index in [1.165, 1.54) is 11.1 Å². The van der Waals surface area contributed by atoms with Crippen molar-refractivity contribution in [2.24, 2.45) is 0 Å². The first kappa shape index (κ1) is 14.5. The Bertz CT molecular complexity index is 371. The highest BCUT2D eigenvalue weighted by molar-refractivity contribution is 5.24. The van der Waals surface area contributed by atoms with E-state index in [4.69, 9.17) is 4.74 Å². The van der Waals surface area contributed by atoms with E-state index in [0.29, 0.717) is 12.1 Å². The van der Waals surface area contributed by atoms with Crippen molar-refractivity contribution < 1.29 is 4.74 Å². The molecule has 3 heteroatoms. The molecule has 0 spiro atoms. The lowest BCUT2D eigenvalue weighted by molar-refractivity contribution is 0.00227. The number of nitrogens with zero attached hydrogens (tertiary/aromatic N) is 1. The number of ether oxygens (including phenoxy) is 1. The summed E-state index contributed by atoms with van der Waals surface area (Å²) in [5, 5.41) is 3.39. The molecule has 1 aromatic carbocycles. The molecule has 1 saturated heterocycles. The van der Waals surface area contributed by atoms with Crippen molar-refractivity contribution in [2.45, 2.75) is 32.4 Å². The Kier molecular flexibility index (Phi) is 5.37. The van der Waals surface area contributed by atoms with Gasteiger partial charge in [-0.3, -0.25) is 4.90 Å². The van der Waals surface area contributed by atoms with E-state index in [1.807, 2.05) is 0 Å². The molecule has 0 aliphatic carbocycles. The van der Waals surface area contributed by atoms with E-state index in [2.05, 4.69) is 55.4 Å². The lowest BCUT2D eigenvalue weighted by Gasteiger charge is -2.33. The van der Waals surface area contributed by atoms with Crippen molar-refractivity contribution in [2.75, 3.05) is 33.3 Å². The smallest absolute Gasteiger partial charge is 0.0826 e. The van der Waals surface area contributed by atoms with E-state index in [9.17, 15) is 0 Å². The Labute approximate surface area is 116 Å². The van der Waals surface area contributed by atoms with E-state index in [-0.39, 0.29) is 0 Å². The first-order chi connectivity index (χ1) is 9.20. The van der Waals surface area contributed by atoms with Crippen molar-refractivity contribution >= 4 is 0 Å². The average molecular weight is 262 g/mol. The van der Waals surface area contributed by atoms with Crippen LogP contribution < -0.4 is 5.32 Å². The molecule has 1 aromatic rings. The third-order valence-electron chi connectivity index (χ3n) is 3.88. The van der Waals surface area contributed by atoms with E-state index >= 15 is 0 Å². The van der Waals surface area contributed by atoms with Gasteiger partial charge in [0.05, 0.1) is 12.7 Å². The van der Waals surface area contributed by atoms with Gasteiger partial charge in [-0.1, -0.05) is 36.8 Å². The number of hydrogen-bond donors (Lipinski definition) is 1. The van der Waals surface area contributed by atoms with Crippen LogP contribution in [0.2, 0.25) is 0 Å². The highest BCUT2D eigenvalue weighted by Gasteiger charge is 2.20. The lowest BCUT2D eigenvalue weighted by atomic mass is 10.0. The minimum absolute atomic E-state index is 0.318. The van der Waals surface area contributed by atoms with Gasteiger partial charge in [0.15, 0.2) is 0 Å². The fourth-order valence-electron chi connectivity index (χ4n) is 2.78. The fourth-order valence-corrected chi connectivity index (χ4v) is 2.78. The molecule has 2 rings (SSSR count).